The second kappa shape index (κ2) is 7.84. The predicted molar refractivity (Wildman–Crippen MR) is 88.8 cm³/mol. The van der Waals surface area contributed by atoms with Gasteiger partial charge in [-0.25, -0.2) is 0 Å². The van der Waals surface area contributed by atoms with Crippen molar-refractivity contribution in [3.8, 4) is 11.5 Å². The lowest BCUT2D eigenvalue weighted by Crippen LogP contribution is -2.37. The number of fused-ring (bicyclic) bond motifs is 1. The van der Waals surface area contributed by atoms with Crippen molar-refractivity contribution in [3.63, 3.8) is 0 Å². The second-order valence-electron chi connectivity index (χ2n) is 6.36. The standard InChI is InChI=1S/C18H28N2O2/c1-21-17-6-8-18(9-7-17)22-14-4-11-19-10-3-13-20-12-2-5-16(20)15-19/h6-9,16H,2-5,10-15H2,1H3. The summed E-state index contributed by atoms with van der Waals surface area (Å²) in [5.74, 6) is 1.80. The van der Waals surface area contributed by atoms with Gasteiger partial charge in [-0.1, -0.05) is 0 Å². The Balaban J connectivity index is 1.37. The number of hydrogen-bond acceptors (Lipinski definition) is 4. The van der Waals surface area contributed by atoms with Crippen LogP contribution in [0.1, 0.15) is 25.7 Å². The molecule has 2 aliphatic heterocycles. The average molecular weight is 304 g/mol. The van der Waals surface area contributed by atoms with Crippen LogP contribution in [0.4, 0.5) is 0 Å². The fourth-order valence-corrected chi connectivity index (χ4v) is 3.64. The lowest BCUT2D eigenvalue weighted by atomic mass is 10.2. The minimum atomic E-state index is 0.789. The number of hydrogen-bond donors (Lipinski definition) is 0. The maximum Gasteiger partial charge on any atom is 0.119 e. The smallest absolute Gasteiger partial charge is 0.119 e. The summed E-state index contributed by atoms with van der Waals surface area (Å²) in [4.78, 5) is 5.32. The van der Waals surface area contributed by atoms with Crippen LogP contribution in [-0.4, -0.2) is 62.3 Å². The molecule has 22 heavy (non-hydrogen) atoms. The Labute approximate surface area is 134 Å². The van der Waals surface area contributed by atoms with Crippen LogP contribution >= 0.6 is 0 Å². The van der Waals surface area contributed by atoms with Crippen molar-refractivity contribution in [1.29, 1.82) is 0 Å². The lowest BCUT2D eigenvalue weighted by molar-refractivity contribution is 0.205. The summed E-state index contributed by atoms with van der Waals surface area (Å²) in [6.07, 6.45) is 5.19. The highest BCUT2D eigenvalue weighted by Crippen LogP contribution is 2.21. The molecule has 1 atom stereocenters. The third kappa shape index (κ3) is 4.14. The van der Waals surface area contributed by atoms with Gasteiger partial charge in [0.15, 0.2) is 0 Å². The number of benzene rings is 1. The maximum absolute atomic E-state index is 5.82. The van der Waals surface area contributed by atoms with E-state index in [1.807, 2.05) is 24.3 Å². The van der Waals surface area contributed by atoms with E-state index in [4.69, 9.17) is 9.47 Å². The summed E-state index contributed by atoms with van der Waals surface area (Å²) in [5.41, 5.74) is 0. The molecule has 1 aromatic rings. The monoisotopic (exact) mass is 304 g/mol. The number of nitrogens with zero attached hydrogens (tertiary/aromatic N) is 2. The fraction of sp³-hybridized carbons (Fsp3) is 0.667. The highest BCUT2D eigenvalue weighted by molar-refractivity contribution is 5.31. The lowest BCUT2D eigenvalue weighted by Gasteiger charge is -2.25. The van der Waals surface area contributed by atoms with Crippen molar-refractivity contribution in [2.75, 3.05) is 46.4 Å². The zero-order chi connectivity index (χ0) is 15.2. The maximum atomic E-state index is 5.82. The SMILES string of the molecule is COc1ccc(OCCCN2CCCN3CCCC3C2)cc1. The molecule has 2 fully saturated rings. The summed E-state index contributed by atoms with van der Waals surface area (Å²) >= 11 is 0. The molecule has 2 saturated heterocycles. The van der Waals surface area contributed by atoms with E-state index in [2.05, 4.69) is 9.80 Å². The van der Waals surface area contributed by atoms with E-state index in [1.165, 1.54) is 45.4 Å². The Morgan fingerprint density at radius 3 is 2.64 bits per heavy atom. The predicted octanol–water partition coefficient (Wildman–Crippen LogP) is 2.63. The number of ether oxygens (including phenoxy) is 2. The Kier molecular flexibility index (Phi) is 5.57. The highest BCUT2D eigenvalue weighted by Gasteiger charge is 2.28. The third-order valence-corrected chi connectivity index (χ3v) is 4.83. The molecule has 122 valence electrons. The summed E-state index contributed by atoms with van der Waals surface area (Å²) < 4.78 is 11.0. The summed E-state index contributed by atoms with van der Waals surface area (Å²) in [5, 5.41) is 0. The first-order chi connectivity index (χ1) is 10.8. The molecule has 2 aliphatic rings. The Morgan fingerprint density at radius 2 is 1.82 bits per heavy atom. The fourth-order valence-electron chi connectivity index (χ4n) is 3.64. The molecule has 0 radical (unpaired) electrons. The molecule has 1 aromatic carbocycles. The summed E-state index contributed by atoms with van der Waals surface area (Å²) in [6.45, 7) is 7.05. The van der Waals surface area contributed by atoms with Gasteiger partial charge in [0.1, 0.15) is 11.5 Å². The van der Waals surface area contributed by atoms with Crippen LogP contribution in [0.15, 0.2) is 24.3 Å². The van der Waals surface area contributed by atoms with E-state index in [1.54, 1.807) is 7.11 Å². The average Bonchev–Trinajstić information content (AvgIpc) is 2.90. The molecule has 0 amide bonds. The van der Waals surface area contributed by atoms with Crippen LogP contribution in [0.25, 0.3) is 0 Å². The van der Waals surface area contributed by atoms with Crippen molar-refractivity contribution >= 4 is 0 Å². The van der Waals surface area contributed by atoms with Crippen molar-refractivity contribution in [2.45, 2.75) is 31.7 Å². The Hall–Kier alpha value is -1.26. The van der Waals surface area contributed by atoms with Gasteiger partial charge in [0.25, 0.3) is 0 Å². The van der Waals surface area contributed by atoms with E-state index < -0.39 is 0 Å². The van der Waals surface area contributed by atoms with E-state index in [-0.39, 0.29) is 0 Å². The largest absolute Gasteiger partial charge is 0.497 e. The van der Waals surface area contributed by atoms with Crippen molar-refractivity contribution in [2.24, 2.45) is 0 Å². The molecule has 0 saturated carbocycles. The van der Waals surface area contributed by atoms with Crippen LogP contribution in [0.2, 0.25) is 0 Å². The van der Waals surface area contributed by atoms with Crippen LogP contribution < -0.4 is 9.47 Å². The normalized spacial score (nSPS) is 23.0. The molecule has 4 nitrogen and oxygen atoms in total. The minimum Gasteiger partial charge on any atom is -0.497 e. The highest BCUT2D eigenvalue weighted by atomic mass is 16.5. The first kappa shape index (κ1) is 15.6. The molecule has 0 spiro atoms. The molecular formula is C18H28N2O2. The van der Waals surface area contributed by atoms with E-state index in [0.29, 0.717) is 0 Å². The molecule has 0 aromatic heterocycles. The van der Waals surface area contributed by atoms with Gasteiger partial charge in [-0.2, -0.15) is 0 Å². The zero-order valence-corrected chi connectivity index (χ0v) is 13.7. The van der Waals surface area contributed by atoms with Crippen molar-refractivity contribution in [1.82, 2.24) is 9.80 Å². The summed E-state index contributed by atoms with van der Waals surface area (Å²) in [6, 6.07) is 8.64. The van der Waals surface area contributed by atoms with E-state index in [9.17, 15) is 0 Å². The van der Waals surface area contributed by atoms with Crippen LogP contribution in [-0.2, 0) is 0 Å². The van der Waals surface area contributed by atoms with Crippen molar-refractivity contribution < 1.29 is 9.47 Å². The van der Waals surface area contributed by atoms with Gasteiger partial charge in [-0.3, -0.25) is 4.90 Å². The van der Waals surface area contributed by atoms with Gasteiger partial charge in [0.2, 0.25) is 0 Å². The van der Waals surface area contributed by atoms with Gasteiger partial charge in [-0.15, -0.1) is 0 Å². The second-order valence-corrected chi connectivity index (χ2v) is 6.36. The first-order valence-corrected chi connectivity index (χ1v) is 8.58. The zero-order valence-electron chi connectivity index (χ0n) is 13.7. The molecule has 1 unspecified atom stereocenters. The third-order valence-electron chi connectivity index (χ3n) is 4.83. The van der Waals surface area contributed by atoms with E-state index in [0.717, 1.165) is 37.1 Å². The quantitative estimate of drug-likeness (QED) is 0.754. The topological polar surface area (TPSA) is 24.9 Å². The van der Waals surface area contributed by atoms with E-state index >= 15 is 0 Å². The Bertz CT molecular complexity index is 449. The molecule has 4 heteroatoms. The van der Waals surface area contributed by atoms with Crippen LogP contribution in [0.5, 0.6) is 11.5 Å². The minimum absolute atomic E-state index is 0.789. The molecule has 2 heterocycles. The molecule has 0 N–H and O–H groups in total. The van der Waals surface area contributed by atoms with Gasteiger partial charge in [-0.05, 0) is 69.6 Å². The van der Waals surface area contributed by atoms with Crippen molar-refractivity contribution in [3.05, 3.63) is 24.3 Å². The van der Waals surface area contributed by atoms with Gasteiger partial charge >= 0.3 is 0 Å². The molecule has 0 aliphatic carbocycles. The summed E-state index contributed by atoms with van der Waals surface area (Å²) in [7, 11) is 1.68. The van der Waals surface area contributed by atoms with Crippen LogP contribution in [0, 0.1) is 0 Å². The number of methoxy groups -OCH3 is 1. The van der Waals surface area contributed by atoms with Gasteiger partial charge < -0.3 is 14.4 Å². The van der Waals surface area contributed by atoms with Gasteiger partial charge in [0, 0.05) is 19.1 Å². The molecule has 3 rings (SSSR count). The number of rotatable bonds is 6. The molecule has 0 bridgehead atoms. The van der Waals surface area contributed by atoms with Gasteiger partial charge in [0.05, 0.1) is 13.7 Å². The Morgan fingerprint density at radius 1 is 1.05 bits per heavy atom. The molecular weight excluding hydrogens is 276 g/mol. The first-order valence-electron chi connectivity index (χ1n) is 8.58. The van der Waals surface area contributed by atoms with Crippen LogP contribution in [0.3, 0.4) is 0 Å².